The number of rotatable bonds is 7. The summed E-state index contributed by atoms with van der Waals surface area (Å²) in [7, 11) is 1.53. The van der Waals surface area contributed by atoms with Crippen LogP contribution in [0.3, 0.4) is 0 Å². The van der Waals surface area contributed by atoms with E-state index in [2.05, 4.69) is 15.6 Å². The van der Waals surface area contributed by atoms with Crippen LogP contribution in [-0.2, 0) is 13.0 Å². The maximum absolute atomic E-state index is 12.9. The Hall–Kier alpha value is -2.03. The van der Waals surface area contributed by atoms with Crippen molar-refractivity contribution in [2.24, 2.45) is 4.99 Å². The number of methoxy groups -OCH3 is 1. The highest BCUT2D eigenvalue weighted by atomic mass is 127. The van der Waals surface area contributed by atoms with Crippen LogP contribution in [0.2, 0.25) is 0 Å². The Bertz CT molecular complexity index is 708. The van der Waals surface area contributed by atoms with E-state index in [9.17, 15) is 9.50 Å². The predicted octanol–water partition coefficient (Wildman–Crippen LogP) is 3.46. The van der Waals surface area contributed by atoms with Gasteiger partial charge in [0.15, 0.2) is 17.5 Å². The number of nitrogens with one attached hydrogen (secondary N) is 2. The predicted molar refractivity (Wildman–Crippen MR) is 113 cm³/mol. The number of guanidine groups is 1. The summed E-state index contributed by atoms with van der Waals surface area (Å²) in [5.41, 5.74) is 2.00. The second kappa shape index (κ2) is 11.6. The lowest BCUT2D eigenvalue weighted by molar-refractivity contribution is 0.373. The molecule has 0 saturated heterocycles. The summed E-state index contributed by atoms with van der Waals surface area (Å²) in [5.74, 6) is 1.06. The van der Waals surface area contributed by atoms with Crippen molar-refractivity contribution < 1.29 is 14.2 Å². The third-order valence-corrected chi connectivity index (χ3v) is 3.63. The molecular formula is C19H25FIN3O2. The summed E-state index contributed by atoms with van der Waals surface area (Å²) in [6.45, 7) is 3.91. The molecule has 0 unspecified atom stereocenters. The van der Waals surface area contributed by atoms with E-state index in [0.717, 1.165) is 24.1 Å². The van der Waals surface area contributed by atoms with Gasteiger partial charge < -0.3 is 20.5 Å². The van der Waals surface area contributed by atoms with Crippen LogP contribution in [0.4, 0.5) is 4.39 Å². The van der Waals surface area contributed by atoms with E-state index in [1.807, 2.05) is 19.1 Å². The molecule has 0 radical (unpaired) electrons. The van der Waals surface area contributed by atoms with Gasteiger partial charge in [-0.2, -0.15) is 0 Å². The van der Waals surface area contributed by atoms with Gasteiger partial charge in [0.05, 0.1) is 13.7 Å². The van der Waals surface area contributed by atoms with Gasteiger partial charge in [0, 0.05) is 13.1 Å². The van der Waals surface area contributed by atoms with Crippen LogP contribution in [0.5, 0.6) is 11.5 Å². The molecule has 26 heavy (non-hydrogen) atoms. The first-order valence-electron chi connectivity index (χ1n) is 8.25. The topological polar surface area (TPSA) is 65.9 Å². The second-order valence-electron chi connectivity index (χ2n) is 5.50. The first kappa shape index (κ1) is 22.0. The molecule has 0 saturated carbocycles. The number of halogens is 2. The van der Waals surface area contributed by atoms with Gasteiger partial charge in [0.25, 0.3) is 0 Å². The number of phenols is 1. The maximum atomic E-state index is 12.9. The monoisotopic (exact) mass is 473 g/mol. The van der Waals surface area contributed by atoms with E-state index in [4.69, 9.17) is 4.74 Å². The molecule has 0 aromatic heterocycles. The lowest BCUT2D eigenvalue weighted by Gasteiger charge is -2.12. The SMILES string of the molecule is CCNC(=NCc1ccc(F)cc1)NCCc1ccc(O)c(OC)c1.I. The summed E-state index contributed by atoms with van der Waals surface area (Å²) in [4.78, 5) is 4.50. The average molecular weight is 473 g/mol. The zero-order chi connectivity index (χ0) is 18.1. The molecule has 0 atom stereocenters. The maximum Gasteiger partial charge on any atom is 0.191 e. The van der Waals surface area contributed by atoms with Crippen molar-refractivity contribution in [3.63, 3.8) is 0 Å². The van der Waals surface area contributed by atoms with Crippen LogP contribution in [0.1, 0.15) is 18.1 Å². The van der Waals surface area contributed by atoms with Crippen LogP contribution in [-0.4, -0.2) is 31.3 Å². The molecule has 3 N–H and O–H groups in total. The van der Waals surface area contributed by atoms with E-state index in [-0.39, 0.29) is 35.5 Å². The number of benzene rings is 2. The van der Waals surface area contributed by atoms with Crippen molar-refractivity contribution in [2.45, 2.75) is 19.9 Å². The molecular weight excluding hydrogens is 448 g/mol. The summed E-state index contributed by atoms with van der Waals surface area (Å²) in [6, 6.07) is 11.6. The lowest BCUT2D eigenvalue weighted by Crippen LogP contribution is -2.38. The second-order valence-corrected chi connectivity index (χ2v) is 5.50. The molecule has 2 aromatic carbocycles. The quantitative estimate of drug-likeness (QED) is 0.328. The molecule has 2 aromatic rings. The molecule has 142 valence electrons. The van der Waals surface area contributed by atoms with Crippen LogP contribution in [0.15, 0.2) is 47.5 Å². The number of phenolic OH excluding ortho intramolecular Hbond substituents is 1. The molecule has 0 aliphatic heterocycles. The van der Waals surface area contributed by atoms with E-state index in [1.54, 1.807) is 18.2 Å². The standard InChI is InChI=1S/C19H24FN3O2.HI/c1-3-21-19(23-13-15-4-7-16(20)8-5-15)22-11-10-14-6-9-17(24)18(12-14)25-2;/h4-9,12,24H,3,10-11,13H2,1-2H3,(H2,21,22,23);1H. The Morgan fingerprint density at radius 1 is 1.12 bits per heavy atom. The summed E-state index contributed by atoms with van der Waals surface area (Å²) in [6.07, 6.45) is 0.762. The number of aromatic hydroxyl groups is 1. The van der Waals surface area contributed by atoms with Crippen LogP contribution in [0.25, 0.3) is 0 Å². The normalized spacial score (nSPS) is 10.8. The minimum atomic E-state index is -0.248. The van der Waals surface area contributed by atoms with Gasteiger partial charge in [0.2, 0.25) is 0 Å². The first-order chi connectivity index (χ1) is 12.1. The fourth-order valence-electron chi connectivity index (χ4n) is 2.30. The molecule has 0 spiro atoms. The number of hydrogen-bond acceptors (Lipinski definition) is 3. The Morgan fingerprint density at radius 2 is 1.81 bits per heavy atom. The van der Waals surface area contributed by atoms with Crippen LogP contribution < -0.4 is 15.4 Å². The highest BCUT2D eigenvalue weighted by Gasteiger charge is 2.03. The van der Waals surface area contributed by atoms with E-state index in [1.165, 1.54) is 19.2 Å². The highest BCUT2D eigenvalue weighted by Crippen LogP contribution is 2.26. The van der Waals surface area contributed by atoms with Crippen molar-refractivity contribution in [3.05, 3.63) is 59.4 Å². The Balaban J connectivity index is 0.00000338. The van der Waals surface area contributed by atoms with Gasteiger partial charge in [0.1, 0.15) is 5.82 Å². The zero-order valence-corrected chi connectivity index (χ0v) is 17.3. The van der Waals surface area contributed by atoms with Crippen LogP contribution >= 0.6 is 24.0 Å². The first-order valence-corrected chi connectivity index (χ1v) is 8.25. The number of hydrogen-bond donors (Lipinski definition) is 3. The smallest absolute Gasteiger partial charge is 0.191 e. The van der Waals surface area contributed by atoms with E-state index < -0.39 is 0 Å². The zero-order valence-electron chi connectivity index (χ0n) is 15.0. The van der Waals surface area contributed by atoms with Gasteiger partial charge in [-0.15, -0.1) is 24.0 Å². The minimum Gasteiger partial charge on any atom is -0.504 e. The Kier molecular flexibility index (Phi) is 9.79. The molecule has 0 fully saturated rings. The molecule has 0 bridgehead atoms. The van der Waals surface area contributed by atoms with Crippen molar-refractivity contribution in [2.75, 3.05) is 20.2 Å². The molecule has 0 amide bonds. The van der Waals surface area contributed by atoms with Crippen molar-refractivity contribution in [3.8, 4) is 11.5 Å². The third-order valence-electron chi connectivity index (χ3n) is 3.63. The van der Waals surface area contributed by atoms with Gasteiger partial charge in [-0.1, -0.05) is 18.2 Å². The Morgan fingerprint density at radius 3 is 2.46 bits per heavy atom. The number of ether oxygens (including phenoxy) is 1. The van der Waals surface area contributed by atoms with Gasteiger partial charge >= 0.3 is 0 Å². The average Bonchev–Trinajstić information content (AvgIpc) is 2.62. The van der Waals surface area contributed by atoms with E-state index >= 15 is 0 Å². The lowest BCUT2D eigenvalue weighted by atomic mass is 10.1. The van der Waals surface area contributed by atoms with Gasteiger partial charge in [-0.05, 0) is 48.7 Å². The Labute approximate surface area is 170 Å². The third kappa shape index (κ3) is 7.07. The molecule has 0 heterocycles. The van der Waals surface area contributed by atoms with Gasteiger partial charge in [-0.3, -0.25) is 0 Å². The molecule has 7 heteroatoms. The van der Waals surface area contributed by atoms with Crippen molar-refractivity contribution in [1.29, 1.82) is 0 Å². The van der Waals surface area contributed by atoms with Crippen molar-refractivity contribution in [1.82, 2.24) is 10.6 Å². The minimum absolute atomic E-state index is 0. The number of aliphatic imine (C=N–C) groups is 1. The van der Waals surface area contributed by atoms with Crippen molar-refractivity contribution >= 4 is 29.9 Å². The fourth-order valence-corrected chi connectivity index (χ4v) is 2.30. The molecule has 0 aliphatic carbocycles. The summed E-state index contributed by atoms with van der Waals surface area (Å²) < 4.78 is 18.0. The highest BCUT2D eigenvalue weighted by molar-refractivity contribution is 14.0. The molecule has 0 aliphatic rings. The number of nitrogens with zero attached hydrogens (tertiary/aromatic N) is 1. The summed E-state index contributed by atoms with van der Waals surface area (Å²) in [5, 5.41) is 16.1. The summed E-state index contributed by atoms with van der Waals surface area (Å²) >= 11 is 0. The van der Waals surface area contributed by atoms with Gasteiger partial charge in [-0.25, -0.2) is 9.38 Å². The fraction of sp³-hybridized carbons (Fsp3) is 0.316. The molecule has 5 nitrogen and oxygen atoms in total. The van der Waals surface area contributed by atoms with Crippen LogP contribution in [0, 0.1) is 5.82 Å². The van der Waals surface area contributed by atoms with E-state index in [0.29, 0.717) is 24.8 Å². The molecule has 2 rings (SSSR count). The largest absolute Gasteiger partial charge is 0.504 e.